The number of nitrogens with two attached hydrogens (primary N) is 1. The van der Waals surface area contributed by atoms with Crippen molar-refractivity contribution in [3.8, 4) is 0 Å². The number of nitrogens with zero attached hydrogens (tertiary/aromatic N) is 3. The summed E-state index contributed by atoms with van der Waals surface area (Å²) in [5.41, 5.74) is 5.37. The lowest BCUT2D eigenvalue weighted by molar-refractivity contribution is -0.119. The number of carbonyl (C=O) groups is 1. The number of guanidine groups is 1. The first-order chi connectivity index (χ1) is 11.3. The van der Waals surface area contributed by atoms with Gasteiger partial charge in [-0.2, -0.15) is 0 Å². The number of nitrogens with one attached hydrogen (secondary N) is 1. The molecule has 0 aromatic carbocycles. The Hall–Kier alpha value is -0.570. The lowest BCUT2D eigenvalue weighted by Gasteiger charge is -2.35. The first kappa shape index (κ1) is 24.4. The number of likely N-dealkylation sites (N-methyl/N-ethyl adjacent to an activating group) is 1. The van der Waals surface area contributed by atoms with Gasteiger partial charge in [0, 0.05) is 32.1 Å². The van der Waals surface area contributed by atoms with Crippen LogP contribution in [0, 0.1) is 11.8 Å². The maximum Gasteiger partial charge on any atom is 0.217 e. The Balaban J connectivity index is 0.00000576. The molecule has 1 fully saturated rings. The Morgan fingerprint density at radius 2 is 2.08 bits per heavy atom. The largest absolute Gasteiger partial charge is 0.370 e. The Kier molecular flexibility index (Phi) is 12.4. The van der Waals surface area contributed by atoms with E-state index in [0.29, 0.717) is 24.3 Å². The van der Waals surface area contributed by atoms with Crippen LogP contribution in [0.25, 0.3) is 0 Å². The number of hydrogen-bond acceptors (Lipinski definition) is 3. The summed E-state index contributed by atoms with van der Waals surface area (Å²) >= 11 is 0. The number of hydrogen-bond donors (Lipinski definition) is 2. The topological polar surface area (TPSA) is 74.0 Å². The first-order valence-electron chi connectivity index (χ1n) is 9.31. The number of halogens is 1. The number of carbonyl (C=O) groups excluding carboxylic acids is 1. The van der Waals surface area contributed by atoms with Crippen LogP contribution in [0.2, 0.25) is 0 Å². The summed E-state index contributed by atoms with van der Waals surface area (Å²) in [7, 11) is 4.25. The van der Waals surface area contributed by atoms with Crippen LogP contribution in [0.4, 0.5) is 0 Å². The van der Waals surface area contributed by atoms with Gasteiger partial charge < -0.3 is 20.9 Å². The van der Waals surface area contributed by atoms with E-state index in [4.69, 9.17) is 10.7 Å². The van der Waals surface area contributed by atoms with E-state index in [2.05, 4.69) is 50.0 Å². The molecule has 7 heteroatoms. The molecule has 148 valence electrons. The maximum absolute atomic E-state index is 11.2. The highest BCUT2D eigenvalue weighted by Gasteiger charge is 2.24. The number of rotatable bonds is 8. The molecular weight excluding hydrogens is 429 g/mol. The second-order valence-electron chi connectivity index (χ2n) is 7.57. The van der Waals surface area contributed by atoms with Crippen molar-refractivity contribution in [1.29, 1.82) is 0 Å². The van der Waals surface area contributed by atoms with E-state index >= 15 is 0 Å². The third-order valence-corrected chi connectivity index (χ3v) is 4.57. The predicted molar refractivity (Wildman–Crippen MR) is 116 cm³/mol. The van der Waals surface area contributed by atoms with E-state index in [1.807, 2.05) is 0 Å². The molecule has 2 unspecified atom stereocenters. The molecule has 25 heavy (non-hydrogen) atoms. The molecule has 1 saturated heterocycles. The summed E-state index contributed by atoms with van der Waals surface area (Å²) < 4.78 is 0. The highest BCUT2D eigenvalue weighted by atomic mass is 127. The van der Waals surface area contributed by atoms with Crippen LogP contribution in [-0.4, -0.2) is 68.0 Å². The number of primary amides is 1. The molecule has 2 atom stereocenters. The summed E-state index contributed by atoms with van der Waals surface area (Å²) in [4.78, 5) is 20.7. The molecule has 3 N–H and O–H groups in total. The summed E-state index contributed by atoms with van der Waals surface area (Å²) in [6.07, 6.45) is 3.78. The van der Waals surface area contributed by atoms with Crippen molar-refractivity contribution >= 4 is 35.8 Å². The fourth-order valence-electron chi connectivity index (χ4n) is 3.32. The van der Waals surface area contributed by atoms with Crippen molar-refractivity contribution < 1.29 is 4.79 Å². The fourth-order valence-corrected chi connectivity index (χ4v) is 3.32. The van der Waals surface area contributed by atoms with Crippen molar-refractivity contribution in [2.75, 3.05) is 40.3 Å². The second-order valence-corrected chi connectivity index (χ2v) is 7.57. The van der Waals surface area contributed by atoms with E-state index in [0.717, 1.165) is 51.4 Å². The van der Waals surface area contributed by atoms with Crippen LogP contribution in [0.15, 0.2) is 4.99 Å². The molecule has 0 spiro atoms. The quantitative estimate of drug-likeness (QED) is 0.326. The van der Waals surface area contributed by atoms with Gasteiger partial charge in [-0.25, -0.2) is 0 Å². The van der Waals surface area contributed by atoms with Crippen molar-refractivity contribution in [2.24, 2.45) is 22.6 Å². The Morgan fingerprint density at radius 3 is 2.60 bits per heavy atom. The van der Waals surface area contributed by atoms with Gasteiger partial charge in [-0.3, -0.25) is 9.79 Å². The smallest absolute Gasteiger partial charge is 0.217 e. The highest BCUT2D eigenvalue weighted by molar-refractivity contribution is 14.0. The summed E-state index contributed by atoms with van der Waals surface area (Å²) in [5.74, 6) is 1.78. The Morgan fingerprint density at radius 1 is 1.40 bits per heavy atom. The number of aliphatic imine (C=N–C) groups is 1. The minimum Gasteiger partial charge on any atom is -0.370 e. The third kappa shape index (κ3) is 9.63. The van der Waals surface area contributed by atoms with Gasteiger partial charge in [0.25, 0.3) is 0 Å². The molecule has 0 aromatic rings. The lowest BCUT2D eigenvalue weighted by atomic mass is 9.95. The minimum atomic E-state index is -0.201. The van der Waals surface area contributed by atoms with Crippen LogP contribution >= 0.6 is 24.0 Å². The Bertz CT molecular complexity index is 414. The van der Waals surface area contributed by atoms with Gasteiger partial charge in [-0.1, -0.05) is 13.8 Å². The van der Waals surface area contributed by atoms with Gasteiger partial charge >= 0.3 is 0 Å². The zero-order valence-electron chi connectivity index (χ0n) is 16.6. The molecule has 1 heterocycles. The van der Waals surface area contributed by atoms with E-state index in [9.17, 15) is 4.79 Å². The minimum absolute atomic E-state index is 0. The van der Waals surface area contributed by atoms with Crippen molar-refractivity contribution in [3.05, 3.63) is 0 Å². The molecule has 1 aliphatic rings. The van der Waals surface area contributed by atoms with Gasteiger partial charge in [0.05, 0.1) is 6.54 Å². The van der Waals surface area contributed by atoms with Crippen LogP contribution in [0.5, 0.6) is 0 Å². The lowest BCUT2D eigenvalue weighted by Crippen LogP contribution is -2.47. The van der Waals surface area contributed by atoms with Gasteiger partial charge in [-0.05, 0) is 52.1 Å². The van der Waals surface area contributed by atoms with Crippen molar-refractivity contribution in [3.63, 3.8) is 0 Å². The molecule has 0 saturated carbocycles. The number of amides is 1. The molecule has 0 radical (unpaired) electrons. The zero-order valence-corrected chi connectivity index (χ0v) is 19.0. The maximum atomic E-state index is 11.2. The van der Waals surface area contributed by atoms with Crippen molar-refractivity contribution in [2.45, 2.75) is 52.5 Å². The third-order valence-electron chi connectivity index (χ3n) is 4.57. The van der Waals surface area contributed by atoms with Gasteiger partial charge in [0.1, 0.15) is 0 Å². The normalized spacial score (nSPS) is 19.7. The molecule has 6 nitrogen and oxygen atoms in total. The van der Waals surface area contributed by atoms with Gasteiger partial charge in [-0.15, -0.1) is 24.0 Å². The van der Waals surface area contributed by atoms with Crippen molar-refractivity contribution in [1.82, 2.24) is 15.1 Å². The Labute approximate surface area is 171 Å². The summed E-state index contributed by atoms with van der Waals surface area (Å²) in [6.45, 7) is 10.1. The summed E-state index contributed by atoms with van der Waals surface area (Å²) in [6, 6.07) is 0.449. The average molecular weight is 467 g/mol. The molecule has 1 amide bonds. The standard InChI is InChI=1S/C18H37N5O.HI/c1-6-20-18(21-12-16(22(4)5)10-14(2)3)23-9-7-8-15(13-23)11-17(19)24;/h14-16H,6-13H2,1-5H3,(H2,19,24)(H,20,21);1H. The van der Waals surface area contributed by atoms with Crippen LogP contribution in [0.1, 0.15) is 46.5 Å². The van der Waals surface area contributed by atoms with Crippen LogP contribution in [-0.2, 0) is 4.79 Å². The number of piperidine rings is 1. The van der Waals surface area contributed by atoms with E-state index in [-0.39, 0.29) is 29.9 Å². The monoisotopic (exact) mass is 467 g/mol. The average Bonchev–Trinajstić information content (AvgIpc) is 2.49. The molecule has 1 rings (SSSR count). The second kappa shape index (κ2) is 12.7. The van der Waals surface area contributed by atoms with Gasteiger partial charge in [0.2, 0.25) is 5.91 Å². The predicted octanol–water partition coefficient (Wildman–Crippen LogP) is 2.13. The first-order valence-corrected chi connectivity index (χ1v) is 9.31. The molecule has 1 aliphatic heterocycles. The molecule has 0 aromatic heterocycles. The van der Waals surface area contributed by atoms with E-state index in [1.54, 1.807) is 0 Å². The SMILES string of the molecule is CCNC(=NCC(CC(C)C)N(C)C)N1CCCC(CC(N)=O)C1.I. The number of likely N-dealkylation sites (tertiary alicyclic amines) is 1. The van der Waals surface area contributed by atoms with Crippen LogP contribution in [0.3, 0.4) is 0 Å². The summed E-state index contributed by atoms with van der Waals surface area (Å²) in [5, 5.41) is 3.42. The van der Waals surface area contributed by atoms with E-state index < -0.39 is 0 Å². The molecule has 0 aliphatic carbocycles. The zero-order chi connectivity index (χ0) is 18.1. The van der Waals surface area contributed by atoms with Crippen LogP contribution < -0.4 is 11.1 Å². The highest BCUT2D eigenvalue weighted by Crippen LogP contribution is 2.19. The fraction of sp³-hybridized carbons (Fsp3) is 0.889. The van der Waals surface area contributed by atoms with Gasteiger partial charge in [0.15, 0.2) is 5.96 Å². The van der Waals surface area contributed by atoms with E-state index in [1.165, 1.54) is 0 Å². The molecular formula is C18H38IN5O. The molecule has 0 bridgehead atoms.